The van der Waals surface area contributed by atoms with Gasteiger partial charge >= 0.3 is 6.03 Å². The predicted molar refractivity (Wildman–Crippen MR) is 137 cm³/mol. The van der Waals surface area contributed by atoms with Crippen molar-refractivity contribution >= 4 is 29.2 Å². The van der Waals surface area contributed by atoms with Crippen LogP contribution in [-0.4, -0.2) is 53.8 Å². The third-order valence-electron chi connectivity index (χ3n) is 6.04. The second kappa shape index (κ2) is 11.8. The van der Waals surface area contributed by atoms with Gasteiger partial charge in [0.2, 0.25) is 5.91 Å². The molecule has 0 aromatic heterocycles. The molecule has 1 fully saturated rings. The molecule has 35 heavy (non-hydrogen) atoms. The molecule has 7 heteroatoms. The summed E-state index contributed by atoms with van der Waals surface area (Å²) in [7, 11) is 0. The van der Waals surface area contributed by atoms with E-state index in [0.717, 1.165) is 12.8 Å². The fourth-order valence-corrected chi connectivity index (χ4v) is 4.10. The van der Waals surface area contributed by atoms with E-state index in [0.29, 0.717) is 49.5 Å². The summed E-state index contributed by atoms with van der Waals surface area (Å²) in [6.45, 7) is 2.13. The Balaban J connectivity index is 1.20. The second-order valence-electron chi connectivity index (χ2n) is 8.53. The number of rotatable bonds is 7. The minimum Gasteiger partial charge on any atom is -0.339 e. The molecule has 0 bridgehead atoms. The summed E-state index contributed by atoms with van der Waals surface area (Å²) in [4.78, 5) is 41.2. The Labute approximate surface area is 205 Å². The SMILES string of the molecule is O=C(Nc1ccccc1)Nc1ccc(C(=O)N2CCN(C(=O)CCCc3ccccc3)CC2)cc1. The highest BCUT2D eigenvalue weighted by atomic mass is 16.2. The first-order chi connectivity index (χ1) is 17.1. The fourth-order valence-electron chi connectivity index (χ4n) is 4.10. The number of carbonyl (C=O) groups is 3. The number of urea groups is 1. The number of anilines is 2. The molecule has 1 aliphatic rings. The summed E-state index contributed by atoms with van der Waals surface area (Å²) in [6, 6.07) is 25.9. The van der Waals surface area contributed by atoms with Crippen molar-refractivity contribution < 1.29 is 14.4 Å². The van der Waals surface area contributed by atoms with Crippen LogP contribution in [0.4, 0.5) is 16.2 Å². The average molecular weight is 471 g/mol. The van der Waals surface area contributed by atoms with Crippen molar-refractivity contribution in [2.45, 2.75) is 19.3 Å². The first-order valence-electron chi connectivity index (χ1n) is 11.9. The molecule has 0 aliphatic carbocycles. The van der Waals surface area contributed by atoms with Gasteiger partial charge in [-0.1, -0.05) is 48.5 Å². The monoisotopic (exact) mass is 470 g/mol. The Kier molecular flexibility index (Phi) is 8.12. The van der Waals surface area contributed by atoms with Crippen LogP contribution in [0, 0.1) is 0 Å². The van der Waals surface area contributed by atoms with Crippen LogP contribution in [0.2, 0.25) is 0 Å². The van der Waals surface area contributed by atoms with Crippen LogP contribution in [0.15, 0.2) is 84.9 Å². The number of amides is 4. The molecule has 1 aliphatic heterocycles. The van der Waals surface area contributed by atoms with Gasteiger partial charge < -0.3 is 20.4 Å². The summed E-state index contributed by atoms with van der Waals surface area (Å²) >= 11 is 0. The van der Waals surface area contributed by atoms with E-state index in [2.05, 4.69) is 22.8 Å². The maximum absolute atomic E-state index is 12.9. The van der Waals surface area contributed by atoms with E-state index >= 15 is 0 Å². The fraction of sp³-hybridized carbons (Fsp3) is 0.250. The van der Waals surface area contributed by atoms with Gasteiger partial charge in [0.25, 0.3) is 5.91 Å². The van der Waals surface area contributed by atoms with Crippen LogP contribution in [0.25, 0.3) is 0 Å². The normalized spacial score (nSPS) is 13.3. The molecule has 1 saturated heterocycles. The molecule has 3 aromatic carbocycles. The molecule has 0 spiro atoms. The zero-order valence-electron chi connectivity index (χ0n) is 19.7. The largest absolute Gasteiger partial charge is 0.339 e. The smallest absolute Gasteiger partial charge is 0.323 e. The van der Waals surface area contributed by atoms with E-state index in [1.165, 1.54) is 5.56 Å². The molecule has 180 valence electrons. The molecule has 3 aromatic rings. The van der Waals surface area contributed by atoms with Crippen molar-refractivity contribution in [2.75, 3.05) is 36.8 Å². The van der Waals surface area contributed by atoms with Gasteiger partial charge in [-0.05, 0) is 54.8 Å². The molecule has 4 amide bonds. The average Bonchev–Trinajstić information content (AvgIpc) is 2.90. The number of benzene rings is 3. The highest BCUT2D eigenvalue weighted by Gasteiger charge is 2.24. The molecule has 2 N–H and O–H groups in total. The Morgan fingerprint density at radius 3 is 1.83 bits per heavy atom. The van der Waals surface area contributed by atoms with Crippen LogP contribution < -0.4 is 10.6 Å². The predicted octanol–water partition coefficient (Wildman–Crippen LogP) is 4.64. The van der Waals surface area contributed by atoms with E-state index in [4.69, 9.17) is 0 Å². The van der Waals surface area contributed by atoms with Crippen molar-refractivity contribution in [1.82, 2.24) is 9.80 Å². The number of hydrogen-bond donors (Lipinski definition) is 2. The molecule has 1 heterocycles. The first kappa shape index (κ1) is 24.0. The van der Waals surface area contributed by atoms with E-state index < -0.39 is 0 Å². The summed E-state index contributed by atoms with van der Waals surface area (Å²) in [5.74, 6) is 0.0821. The van der Waals surface area contributed by atoms with Gasteiger partial charge in [0, 0.05) is 49.5 Å². The van der Waals surface area contributed by atoms with Crippen LogP contribution in [0.5, 0.6) is 0 Å². The third-order valence-corrected chi connectivity index (χ3v) is 6.04. The minimum atomic E-state index is -0.347. The van der Waals surface area contributed by atoms with Crippen molar-refractivity contribution in [3.63, 3.8) is 0 Å². The highest BCUT2D eigenvalue weighted by Crippen LogP contribution is 2.15. The quantitative estimate of drug-likeness (QED) is 0.528. The Morgan fingerprint density at radius 1 is 0.657 bits per heavy atom. The number of aryl methyl sites for hydroxylation is 1. The second-order valence-corrected chi connectivity index (χ2v) is 8.53. The zero-order chi connectivity index (χ0) is 24.5. The maximum Gasteiger partial charge on any atom is 0.323 e. The molecular weight excluding hydrogens is 440 g/mol. The van der Waals surface area contributed by atoms with Crippen molar-refractivity contribution in [3.05, 3.63) is 96.1 Å². The van der Waals surface area contributed by atoms with Gasteiger partial charge in [0.05, 0.1) is 0 Å². The van der Waals surface area contributed by atoms with Gasteiger partial charge in [-0.3, -0.25) is 9.59 Å². The Hall–Kier alpha value is -4.13. The molecule has 0 atom stereocenters. The van der Waals surface area contributed by atoms with E-state index in [9.17, 15) is 14.4 Å². The van der Waals surface area contributed by atoms with Crippen LogP contribution >= 0.6 is 0 Å². The number of nitrogens with zero attached hydrogens (tertiary/aromatic N) is 2. The van der Waals surface area contributed by atoms with E-state index in [1.54, 1.807) is 41.3 Å². The summed E-state index contributed by atoms with van der Waals surface area (Å²) in [6.07, 6.45) is 2.24. The van der Waals surface area contributed by atoms with Crippen molar-refractivity contribution in [1.29, 1.82) is 0 Å². The topological polar surface area (TPSA) is 81.8 Å². The summed E-state index contributed by atoms with van der Waals surface area (Å²) in [5, 5.41) is 5.52. The first-order valence-corrected chi connectivity index (χ1v) is 11.9. The third kappa shape index (κ3) is 6.93. The van der Waals surface area contributed by atoms with Gasteiger partial charge in [-0.25, -0.2) is 4.79 Å². The number of hydrogen-bond acceptors (Lipinski definition) is 3. The summed E-state index contributed by atoms with van der Waals surface area (Å²) < 4.78 is 0. The van der Waals surface area contributed by atoms with Crippen molar-refractivity contribution in [2.24, 2.45) is 0 Å². The molecule has 0 radical (unpaired) electrons. The highest BCUT2D eigenvalue weighted by molar-refractivity contribution is 6.00. The Bertz CT molecular complexity index is 1130. The van der Waals surface area contributed by atoms with E-state index in [-0.39, 0.29) is 17.8 Å². The summed E-state index contributed by atoms with van der Waals surface area (Å²) in [5.41, 5.74) is 3.10. The number of para-hydroxylation sites is 1. The standard InChI is InChI=1S/C28H30N4O3/c33-26(13-7-10-22-8-3-1-4-9-22)31-18-20-32(21-19-31)27(34)23-14-16-25(17-15-23)30-28(35)29-24-11-5-2-6-12-24/h1-6,8-9,11-12,14-17H,7,10,13,18-21H2,(H2,29,30,35). The lowest BCUT2D eigenvalue weighted by Crippen LogP contribution is -2.50. The van der Waals surface area contributed by atoms with Gasteiger partial charge in [-0.2, -0.15) is 0 Å². The van der Waals surface area contributed by atoms with Gasteiger partial charge in [-0.15, -0.1) is 0 Å². The number of carbonyl (C=O) groups excluding carboxylic acids is 3. The van der Waals surface area contributed by atoms with Crippen LogP contribution in [-0.2, 0) is 11.2 Å². The van der Waals surface area contributed by atoms with E-state index in [1.807, 2.05) is 41.3 Å². The Morgan fingerprint density at radius 2 is 1.20 bits per heavy atom. The van der Waals surface area contributed by atoms with Crippen LogP contribution in [0.1, 0.15) is 28.8 Å². The number of nitrogens with one attached hydrogen (secondary N) is 2. The van der Waals surface area contributed by atoms with Crippen LogP contribution in [0.3, 0.4) is 0 Å². The lowest BCUT2D eigenvalue weighted by atomic mass is 10.1. The molecular formula is C28H30N4O3. The van der Waals surface area contributed by atoms with Crippen molar-refractivity contribution in [3.8, 4) is 0 Å². The number of piperazine rings is 1. The molecule has 0 unspecified atom stereocenters. The lowest BCUT2D eigenvalue weighted by Gasteiger charge is -2.35. The molecule has 0 saturated carbocycles. The van der Waals surface area contributed by atoms with Gasteiger partial charge in [0.1, 0.15) is 0 Å². The molecule has 4 rings (SSSR count). The lowest BCUT2D eigenvalue weighted by molar-refractivity contribution is -0.132. The minimum absolute atomic E-state index is 0.0681. The maximum atomic E-state index is 12.9. The molecule has 7 nitrogen and oxygen atoms in total. The zero-order valence-corrected chi connectivity index (χ0v) is 19.7. The van der Waals surface area contributed by atoms with Gasteiger partial charge in [0.15, 0.2) is 0 Å².